The Morgan fingerprint density at radius 2 is 1.57 bits per heavy atom. The van der Waals surface area contributed by atoms with Crippen LogP contribution in [0.3, 0.4) is 0 Å². The maximum Gasteiger partial charge on any atom is 0.344 e. The highest BCUT2D eigenvalue weighted by atomic mass is 31.2. The zero-order valence-corrected chi connectivity index (χ0v) is 9.44. The van der Waals surface area contributed by atoms with Gasteiger partial charge in [-0.2, -0.15) is 0 Å². The molecule has 0 saturated carbocycles. The average Bonchev–Trinajstić information content (AvgIpc) is 2.18. The standard InChI is InChI=1S/C7H18NO5P/c1-12-14(11,13-2)7-8(3-5-9)4-6-10/h9-10H,3-7H2,1-2H3. The SMILES string of the molecule is COP(=O)(CN(CCO)CCO)OC. The molecule has 6 nitrogen and oxygen atoms in total. The van der Waals surface area contributed by atoms with E-state index in [1.807, 2.05) is 0 Å². The molecule has 2 N–H and O–H groups in total. The van der Waals surface area contributed by atoms with Gasteiger partial charge >= 0.3 is 7.60 Å². The van der Waals surface area contributed by atoms with Crippen LogP contribution in [-0.2, 0) is 13.6 Å². The quantitative estimate of drug-likeness (QED) is 0.555. The zero-order chi connectivity index (χ0) is 11.0. The van der Waals surface area contributed by atoms with Crippen molar-refractivity contribution in [3.8, 4) is 0 Å². The highest BCUT2D eigenvalue weighted by Crippen LogP contribution is 2.46. The smallest absolute Gasteiger partial charge is 0.344 e. The van der Waals surface area contributed by atoms with E-state index in [9.17, 15) is 4.57 Å². The Balaban J connectivity index is 4.18. The van der Waals surface area contributed by atoms with Crippen LogP contribution < -0.4 is 0 Å². The van der Waals surface area contributed by atoms with Gasteiger partial charge < -0.3 is 19.3 Å². The summed E-state index contributed by atoms with van der Waals surface area (Å²) in [6.45, 7) is 0.537. The lowest BCUT2D eigenvalue weighted by molar-refractivity contribution is 0.164. The van der Waals surface area contributed by atoms with Gasteiger partial charge in [-0.1, -0.05) is 0 Å². The second-order valence-corrected chi connectivity index (χ2v) is 4.92. The van der Waals surface area contributed by atoms with Gasteiger partial charge in [0.25, 0.3) is 0 Å². The van der Waals surface area contributed by atoms with E-state index in [2.05, 4.69) is 0 Å². The largest absolute Gasteiger partial charge is 0.395 e. The summed E-state index contributed by atoms with van der Waals surface area (Å²) >= 11 is 0. The van der Waals surface area contributed by atoms with E-state index in [1.165, 1.54) is 14.2 Å². The molecule has 0 aliphatic carbocycles. The van der Waals surface area contributed by atoms with E-state index in [4.69, 9.17) is 19.3 Å². The molecule has 0 aromatic carbocycles. The molecule has 86 valence electrons. The van der Waals surface area contributed by atoms with Gasteiger partial charge in [0.1, 0.15) is 6.29 Å². The summed E-state index contributed by atoms with van der Waals surface area (Å²) in [4.78, 5) is 1.62. The summed E-state index contributed by atoms with van der Waals surface area (Å²) in [5.41, 5.74) is 0. The van der Waals surface area contributed by atoms with Gasteiger partial charge in [0.05, 0.1) is 13.2 Å². The molecule has 0 heterocycles. The minimum absolute atomic E-state index is 0.0621. The van der Waals surface area contributed by atoms with Crippen LogP contribution in [0.25, 0.3) is 0 Å². The summed E-state index contributed by atoms with van der Waals surface area (Å²) in [5, 5.41) is 17.4. The van der Waals surface area contributed by atoms with Crippen molar-refractivity contribution in [3.63, 3.8) is 0 Å². The van der Waals surface area contributed by atoms with Crippen molar-refractivity contribution < 1.29 is 23.8 Å². The van der Waals surface area contributed by atoms with Gasteiger partial charge in [0.15, 0.2) is 0 Å². The highest BCUT2D eigenvalue weighted by Gasteiger charge is 2.24. The van der Waals surface area contributed by atoms with Gasteiger partial charge in [-0.15, -0.1) is 0 Å². The van der Waals surface area contributed by atoms with Crippen molar-refractivity contribution in [3.05, 3.63) is 0 Å². The van der Waals surface area contributed by atoms with Crippen LogP contribution in [0.5, 0.6) is 0 Å². The molecule has 14 heavy (non-hydrogen) atoms. The molecule has 0 radical (unpaired) electrons. The third kappa shape index (κ3) is 5.05. The first-order valence-corrected chi connectivity index (χ1v) is 5.99. The number of aliphatic hydroxyl groups excluding tert-OH is 2. The van der Waals surface area contributed by atoms with Crippen LogP contribution in [0.2, 0.25) is 0 Å². The van der Waals surface area contributed by atoms with Gasteiger partial charge in [-0.3, -0.25) is 9.46 Å². The van der Waals surface area contributed by atoms with E-state index in [0.717, 1.165) is 0 Å². The molecule has 0 atom stereocenters. The van der Waals surface area contributed by atoms with Crippen LogP contribution in [-0.4, -0.2) is 61.9 Å². The molecule has 0 saturated heterocycles. The second kappa shape index (κ2) is 7.34. The minimum atomic E-state index is -3.09. The van der Waals surface area contributed by atoms with E-state index in [0.29, 0.717) is 13.1 Å². The summed E-state index contributed by atoms with van der Waals surface area (Å²) < 4.78 is 21.1. The fourth-order valence-corrected chi connectivity index (χ4v) is 2.12. The number of hydrogen-bond acceptors (Lipinski definition) is 6. The molecule has 0 aliphatic rings. The Kier molecular flexibility index (Phi) is 7.35. The Bertz CT molecular complexity index is 175. The fourth-order valence-electron chi connectivity index (χ4n) is 0.971. The van der Waals surface area contributed by atoms with E-state index in [-0.39, 0.29) is 19.5 Å². The number of nitrogens with zero attached hydrogens (tertiary/aromatic N) is 1. The zero-order valence-electron chi connectivity index (χ0n) is 8.55. The maximum atomic E-state index is 11.7. The van der Waals surface area contributed by atoms with Crippen LogP contribution >= 0.6 is 7.60 Å². The van der Waals surface area contributed by atoms with Crippen molar-refractivity contribution in [1.29, 1.82) is 0 Å². The predicted octanol–water partition coefficient (Wildman–Crippen LogP) is -0.284. The van der Waals surface area contributed by atoms with Gasteiger partial charge in [-0.25, -0.2) is 0 Å². The van der Waals surface area contributed by atoms with Crippen LogP contribution in [0.1, 0.15) is 0 Å². The van der Waals surface area contributed by atoms with E-state index >= 15 is 0 Å². The van der Waals surface area contributed by atoms with Gasteiger partial charge in [0.2, 0.25) is 0 Å². The minimum Gasteiger partial charge on any atom is -0.395 e. The maximum absolute atomic E-state index is 11.7. The Morgan fingerprint density at radius 1 is 1.14 bits per heavy atom. The number of hydrogen-bond donors (Lipinski definition) is 2. The van der Waals surface area contributed by atoms with Gasteiger partial charge in [0, 0.05) is 27.3 Å². The first-order valence-electron chi connectivity index (χ1n) is 4.26. The summed E-state index contributed by atoms with van der Waals surface area (Å²) in [6.07, 6.45) is 0.0706. The molecule has 0 rings (SSSR count). The first-order chi connectivity index (χ1) is 6.61. The molecular formula is C7H18NO5P. The molecule has 7 heteroatoms. The Labute approximate surface area is 84.0 Å². The van der Waals surface area contributed by atoms with Crippen LogP contribution in [0.4, 0.5) is 0 Å². The molecule has 0 aromatic heterocycles. The molecule has 0 fully saturated rings. The molecule has 0 amide bonds. The monoisotopic (exact) mass is 227 g/mol. The van der Waals surface area contributed by atoms with Crippen LogP contribution in [0.15, 0.2) is 0 Å². The summed E-state index contributed by atoms with van der Waals surface area (Å²) in [5.74, 6) is 0. The summed E-state index contributed by atoms with van der Waals surface area (Å²) in [7, 11) is -0.481. The molecule has 0 aliphatic heterocycles. The number of rotatable bonds is 8. The highest BCUT2D eigenvalue weighted by molar-refractivity contribution is 7.53. The predicted molar refractivity (Wildman–Crippen MR) is 52.2 cm³/mol. The lowest BCUT2D eigenvalue weighted by atomic mass is 10.5. The lowest BCUT2D eigenvalue weighted by Crippen LogP contribution is -2.31. The van der Waals surface area contributed by atoms with Gasteiger partial charge in [-0.05, 0) is 0 Å². The third-order valence-corrected chi connectivity index (χ3v) is 3.62. The molecule has 0 spiro atoms. The van der Waals surface area contributed by atoms with Crippen molar-refractivity contribution >= 4 is 7.60 Å². The topological polar surface area (TPSA) is 79.2 Å². The fraction of sp³-hybridized carbons (Fsp3) is 1.00. The lowest BCUT2D eigenvalue weighted by Gasteiger charge is -2.23. The first kappa shape index (κ1) is 14.0. The second-order valence-electron chi connectivity index (χ2n) is 2.68. The molecule has 0 bridgehead atoms. The average molecular weight is 227 g/mol. The number of aliphatic hydroxyl groups is 2. The van der Waals surface area contributed by atoms with E-state index in [1.54, 1.807) is 4.90 Å². The third-order valence-electron chi connectivity index (χ3n) is 1.76. The van der Waals surface area contributed by atoms with Crippen LogP contribution in [0, 0.1) is 0 Å². The molecule has 0 aromatic rings. The summed E-state index contributed by atoms with van der Waals surface area (Å²) in [6, 6.07) is 0. The van der Waals surface area contributed by atoms with Crippen molar-refractivity contribution in [2.75, 3.05) is 46.8 Å². The van der Waals surface area contributed by atoms with Crippen molar-refractivity contribution in [2.45, 2.75) is 0 Å². The van der Waals surface area contributed by atoms with Crippen molar-refractivity contribution in [2.24, 2.45) is 0 Å². The Morgan fingerprint density at radius 3 is 1.86 bits per heavy atom. The molecule has 0 unspecified atom stereocenters. The van der Waals surface area contributed by atoms with Crippen molar-refractivity contribution in [1.82, 2.24) is 4.90 Å². The normalized spacial score (nSPS) is 12.4. The van der Waals surface area contributed by atoms with E-state index < -0.39 is 7.60 Å². The Hall–Kier alpha value is 0.0300. The molecular weight excluding hydrogens is 209 g/mol.